The van der Waals surface area contributed by atoms with E-state index in [0.717, 1.165) is 54.8 Å². The number of pyridine rings is 1. The highest BCUT2D eigenvalue weighted by atomic mass is 16.1. The summed E-state index contributed by atoms with van der Waals surface area (Å²) >= 11 is 0. The Bertz CT molecular complexity index is 2800. The van der Waals surface area contributed by atoms with E-state index < -0.39 is 0 Å². The summed E-state index contributed by atoms with van der Waals surface area (Å²) in [7, 11) is 0. The molecule has 204 valence electrons. The predicted molar refractivity (Wildman–Crippen MR) is 185 cm³/mol. The van der Waals surface area contributed by atoms with Crippen molar-refractivity contribution in [1.29, 1.82) is 0 Å². The summed E-state index contributed by atoms with van der Waals surface area (Å²) in [4.78, 5) is 13.9. The van der Waals surface area contributed by atoms with Gasteiger partial charge in [-0.1, -0.05) is 103 Å². The van der Waals surface area contributed by atoms with Crippen LogP contribution in [0.15, 0.2) is 150 Å². The molecule has 0 fully saturated rings. The Morgan fingerprint density at radius 3 is 1.66 bits per heavy atom. The molecule has 3 heteroatoms. The number of hydrogen-bond donors (Lipinski definition) is 0. The molecule has 3 nitrogen and oxygen atoms in total. The fourth-order valence-corrected chi connectivity index (χ4v) is 7.51. The Morgan fingerprint density at radius 1 is 0.386 bits per heavy atom. The molecule has 0 N–H and O–H groups in total. The molecule has 0 amide bonds. The third kappa shape index (κ3) is 3.03. The predicted octanol–water partition coefficient (Wildman–Crippen LogP) is 10.1. The molecule has 0 atom stereocenters. The molecule has 0 aliphatic carbocycles. The van der Waals surface area contributed by atoms with E-state index in [1.807, 2.05) is 28.7 Å². The first-order valence-electron chi connectivity index (χ1n) is 15.0. The summed E-state index contributed by atoms with van der Waals surface area (Å²) in [5.74, 6) is 0. The molecule has 10 aromatic rings. The van der Waals surface area contributed by atoms with Gasteiger partial charge in [0.05, 0.1) is 27.8 Å². The van der Waals surface area contributed by atoms with Crippen LogP contribution in [-0.4, -0.2) is 8.97 Å². The molecule has 3 aromatic heterocycles. The lowest BCUT2D eigenvalue weighted by Crippen LogP contribution is -2.12. The summed E-state index contributed by atoms with van der Waals surface area (Å²) in [6.07, 6.45) is 0. The highest BCUT2D eigenvalue weighted by Gasteiger charge is 2.18. The second kappa shape index (κ2) is 8.56. The molecule has 0 radical (unpaired) electrons. The molecule has 10 rings (SSSR count). The lowest BCUT2D eigenvalue weighted by Gasteiger charge is -2.13. The second-order valence-electron chi connectivity index (χ2n) is 11.7. The Balaban J connectivity index is 1.24. The average molecular weight is 561 g/mol. The Morgan fingerprint density at radius 2 is 0.932 bits per heavy atom. The smallest absolute Gasteiger partial charge is 0.263 e. The Labute approximate surface area is 251 Å². The molecule has 0 unspecified atom stereocenters. The molecular formula is C41H24N2O. The lowest BCUT2D eigenvalue weighted by atomic mass is 9.96. The van der Waals surface area contributed by atoms with E-state index in [2.05, 4.69) is 126 Å². The van der Waals surface area contributed by atoms with Crippen molar-refractivity contribution in [2.45, 2.75) is 0 Å². The third-order valence-corrected chi connectivity index (χ3v) is 9.45. The first kappa shape index (κ1) is 23.6. The van der Waals surface area contributed by atoms with Crippen LogP contribution in [0, 0.1) is 0 Å². The van der Waals surface area contributed by atoms with Gasteiger partial charge in [-0.05, 0) is 64.4 Å². The minimum Gasteiger partial charge on any atom is -0.309 e. The maximum absolute atomic E-state index is 13.9. The maximum atomic E-state index is 13.9. The second-order valence-corrected chi connectivity index (χ2v) is 11.7. The number of rotatable bonds is 2. The van der Waals surface area contributed by atoms with Crippen LogP contribution in [0.4, 0.5) is 0 Å². The van der Waals surface area contributed by atoms with Crippen LogP contribution in [0.5, 0.6) is 0 Å². The highest BCUT2D eigenvalue weighted by Crippen LogP contribution is 2.38. The van der Waals surface area contributed by atoms with Crippen molar-refractivity contribution in [1.82, 2.24) is 8.97 Å². The van der Waals surface area contributed by atoms with E-state index in [1.54, 1.807) is 0 Å². The summed E-state index contributed by atoms with van der Waals surface area (Å²) in [5.41, 5.74) is 7.76. The monoisotopic (exact) mass is 560 g/mol. The molecule has 0 spiro atoms. The fraction of sp³-hybridized carbons (Fsp3) is 0. The molecule has 7 aromatic carbocycles. The van der Waals surface area contributed by atoms with Crippen molar-refractivity contribution in [3.05, 3.63) is 156 Å². The van der Waals surface area contributed by atoms with Crippen LogP contribution < -0.4 is 5.56 Å². The zero-order valence-electron chi connectivity index (χ0n) is 23.7. The van der Waals surface area contributed by atoms with Gasteiger partial charge in [-0.15, -0.1) is 0 Å². The van der Waals surface area contributed by atoms with E-state index in [9.17, 15) is 4.79 Å². The number of para-hydroxylation sites is 4. The van der Waals surface area contributed by atoms with Gasteiger partial charge >= 0.3 is 0 Å². The van der Waals surface area contributed by atoms with Crippen molar-refractivity contribution in [2.75, 3.05) is 0 Å². The van der Waals surface area contributed by atoms with Crippen LogP contribution >= 0.6 is 0 Å². The van der Waals surface area contributed by atoms with Crippen LogP contribution in [0.3, 0.4) is 0 Å². The van der Waals surface area contributed by atoms with Gasteiger partial charge in [-0.25, -0.2) is 0 Å². The van der Waals surface area contributed by atoms with Gasteiger partial charge < -0.3 is 4.57 Å². The number of hydrogen-bond acceptors (Lipinski definition) is 1. The number of benzene rings is 7. The van der Waals surface area contributed by atoms with Crippen molar-refractivity contribution >= 4 is 70.5 Å². The van der Waals surface area contributed by atoms with Crippen LogP contribution in [0.2, 0.25) is 0 Å². The van der Waals surface area contributed by atoms with Crippen molar-refractivity contribution in [2.24, 2.45) is 0 Å². The zero-order valence-corrected chi connectivity index (χ0v) is 23.7. The van der Waals surface area contributed by atoms with Gasteiger partial charge in [-0.3, -0.25) is 9.20 Å². The fourth-order valence-electron chi connectivity index (χ4n) is 7.51. The summed E-state index contributed by atoms with van der Waals surface area (Å²) in [6, 6.07) is 51.4. The van der Waals surface area contributed by atoms with E-state index in [4.69, 9.17) is 0 Å². The SMILES string of the molecule is O=c1c2ccc(-c3ccc4cccc(-n5c6ccccc6c6ccccc65)c4c3)cc2c2cccc3c4ccccc4n1c23. The summed E-state index contributed by atoms with van der Waals surface area (Å²) < 4.78 is 4.29. The molecule has 0 saturated heterocycles. The first-order valence-corrected chi connectivity index (χ1v) is 15.0. The quantitative estimate of drug-likeness (QED) is 0.193. The third-order valence-electron chi connectivity index (χ3n) is 9.45. The van der Waals surface area contributed by atoms with E-state index in [-0.39, 0.29) is 5.56 Å². The normalized spacial score (nSPS) is 12.2. The molecule has 0 bridgehead atoms. The molecule has 0 aliphatic heterocycles. The van der Waals surface area contributed by atoms with Gasteiger partial charge in [0.1, 0.15) is 0 Å². The number of aromatic nitrogens is 2. The Kier molecular flexibility index (Phi) is 4.59. The molecular weight excluding hydrogens is 536 g/mol. The van der Waals surface area contributed by atoms with E-state index in [0.29, 0.717) is 0 Å². The zero-order chi connectivity index (χ0) is 28.9. The largest absolute Gasteiger partial charge is 0.309 e. The first-order chi connectivity index (χ1) is 21.8. The summed E-state index contributed by atoms with van der Waals surface area (Å²) in [6.45, 7) is 0. The van der Waals surface area contributed by atoms with E-state index >= 15 is 0 Å². The van der Waals surface area contributed by atoms with Crippen LogP contribution in [0.25, 0.3) is 87.4 Å². The van der Waals surface area contributed by atoms with E-state index in [1.165, 1.54) is 32.6 Å². The molecule has 44 heavy (non-hydrogen) atoms. The highest BCUT2D eigenvalue weighted by molar-refractivity contribution is 6.20. The van der Waals surface area contributed by atoms with Crippen LogP contribution in [0.1, 0.15) is 0 Å². The maximum Gasteiger partial charge on any atom is 0.263 e. The topological polar surface area (TPSA) is 26.4 Å². The average Bonchev–Trinajstić information content (AvgIpc) is 3.60. The minimum atomic E-state index is 0.0311. The Hall–Kier alpha value is -5.93. The molecule has 0 saturated carbocycles. The van der Waals surface area contributed by atoms with Crippen molar-refractivity contribution in [3.8, 4) is 16.8 Å². The summed E-state index contributed by atoms with van der Waals surface area (Å²) in [5, 5.41) is 9.93. The van der Waals surface area contributed by atoms with Crippen molar-refractivity contribution < 1.29 is 0 Å². The van der Waals surface area contributed by atoms with Crippen LogP contribution in [-0.2, 0) is 0 Å². The van der Waals surface area contributed by atoms with Gasteiger partial charge in [0.15, 0.2) is 0 Å². The molecule has 0 aliphatic rings. The minimum absolute atomic E-state index is 0.0311. The van der Waals surface area contributed by atoms with Gasteiger partial charge in [0.2, 0.25) is 0 Å². The van der Waals surface area contributed by atoms with Crippen molar-refractivity contribution in [3.63, 3.8) is 0 Å². The van der Waals surface area contributed by atoms with Gasteiger partial charge in [-0.2, -0.15) is 0 Å². The lowest BCUT2D eigenvalue weighted by molar-refractivity contribution is 1.20. The number of nitrogens with zero attached hydrogens (tertiary/aromatic N) is 2. The standard InChI is InChI=1S/C41H24N2O/c44-41-33-22-21-27(24-35(33)32-14-8-13-31-30-12-3-6-17-38(30)43(41)40(31)32)26-20-19-25-9-7-18-39(34(25)23-26)42-36-15-4-1-10-28(36)29-11-2-5-16-37(29)42/h1-24H. The van der Waals surface area contributed by atoms with Gasteiger partial charge in [0, 0.05) is 37.7 Å². The molecule has 3 heterocycles. The van der Waals surface area contributed by atoms with Gasteiger partial charge in [0.25, 0.3) is 5.56 Å². The number of fused-ring (bicyclic) bond motifs is 9.